The summed E-state index contributed by atoms with van der Waals surface area (Å²) in [7, 11) is -3.74. The first-order valence-electron chi connectivity index (χ1n) is 10.0. The lowest BCUT2D eigenvalue weighted by molar-refractivity contribution is -0.128. The standard InChI is InChI=1S/C20H27N5O5S/c1-16(19(21)26)25(24-9-5-8-22-24)20(27)18(14-17-6-3-2-4-7-17)15-31(28,29)23-10-12-30-13-11-23/h2-9,16,18H,10-15H2,1H3,(H2,21,26). The minimum absolute atomic E-state index is 0.187. The molecule has 2 amide bonds. The van der Waals surface area contributed by atoms with E-state index >= 15 is 0 Å². The fourth-order valence-electron chi connectivity index (χ4n) is 3.47. The maximum Gasteiger partial charge on any atom is 0.247 e. The molecule has 168 valence electrons. The van der Waals surface area contributed by atoms with E-state index in [1.807, 2.05) is 30.3 Å². The summed E-state index contributed by atoms with van der Waals surface area (Å²) in [4.78, 5) is 26.7. The quantitative estimate of drug-likeness (QED) is 0.562. The number of aromatic nitrogens is 2. The van der Waals surface area contributed by atoms with Crippen molar-refractivity contribution in [1.82, 2.24) is 14.2 Å². The van der Waals surface area contributed by atoms with E-state index in [1.165, 1.54) is 28.4 Å². The van der Waals surface area contributed by atoms with Crippen LogP contribution in [0.4, 0.5) is 0 Å². The number of hydrogen-bond acceptors (Lipinski definition) is 6. The minimum atomic E-state index is -3.74. The van der Waals surface area contributed by atoms with Crippen molar-refractivity contribution in [3.8, 4) is 0 Å². The highest BCUT2D eigenvalue weighted by Gasteiger charge is 2.37. The lowest BCUT2D eigenvalue weighted by Gasteiger charge is -2.32. The van der Waals surface area contributed by atoms with Gasteiger partial charge in [0, 0.05) is 19.3 Å². The van der Waals surface area contributed by atoms with Gasteiger partial charge in [0.2, 0.25) is 21.8 Å². The lowest BCUT2D eigenvalue weighted by atomic mass is 9.99. The molecule has 1 aromatic carbocycles. The number of sulfonamides is 1. The van der Waals surface area contributed by atoms with Crippen molar-refractivity contribution >= 4 is 21.8 Å². The van der Waals surface area contributed by atoms with Crippen molar-refractivity contribution < 1.29 is 22.7 Å². The molecule has 1 saturated heterocycles. The van der Waals surface area contributed by atoms with Crippen LogP contribution in [0.2, 0.25) is 0 Å². The first kappa shape index (κ1) is 22.9. The third-order valence-corrected chi connectivity index (χ3v) is 7.14. The Hall–Kier alpha value is -2.76. The number of nitrogens with zero attached hydrogens (tertiary/aromatic N) is 4. The maximum atomic E-state index is 13.6. The summed E-state index contributed by atoms with van der Waals surface area (Å²) in [6.07, 6.45) is 3.16. The van der Waals surface area contributed by atoms with E-state index in [4.69, 9.17) is 10.5 Å². The number of carbonyl (C=O) groups is 2. The molecule has 2 aromatic rings. The summed E-state index contributed by atoms with van der Waals surface area (Å²) >= 11 is 0. The number of primary amides is 1. The second kappa shape index (κ2) is 10.0. The van der Waals surface area contributed by atoms with Crippen LogP contribution in [-0.2, 0) is 30.8 Å². The molecule has 3 rings (SSSR count). The molecular formula is C20H27N5O5S. The maximum absolute atomic E-state index is 13.6. The Morgan fingerprint density at radius 1 is 1.19 bits per heavy atom. The summed E-state index contributed by atoms with van der Waals surface area (Å²) in [5, 5.41) is 5.17. The van der Waals surface area contributed by atoms with Crippen molar-refractivity contribution in [3.05, 3.63) is 54.4 Å². The zero-order valence-corrected chi connectivity index (χ0v) is 18.1. The van der Waals surface area contributed by atoms with Gasteiger partial charge in [0.25, 0.3) is 0 Å². The summed E-state index contributed by atoms with van der Waals surface area (Å²) < 4.78 is 32.8. The zero-order chi connectivity index (χ0) is 22.4. The molecule has 2 atom stereocenters. The van der Waals surface area contributed by atoms with Gasteiger partial charge in [-0.25, -0.2) is 13.4 Å². The Labute approximate surface area is 181 Å². The third-order valence-electron chi connectivity index (χ3n) is 5.17. The fourth-order valence-corrected chi connectivity index (χ4v) is 5.15. The fraction of sp³-hybridized carbons (Fsp3) is 0.450. The predicted octanol–water partition coefficient (Wildman–Crippen LogP) is -0.258. The molecule has 2 N–H and O–H groups in total. The highest BCUT2D eigenvalue weighted by atomic mass is 32.2. The largest absolute Gasteiger partial charge is 0.379 e. The van der Waals surface area contributed by atoms with Gasteiger partial charge in [-0.05, 0) is 25.0 Å². The molecule has 0 bridgehead atoms. The molecule has 0 aliphatic carbocycles. The van der Waals surface area contributed by atoms with Gasteiger partial charge in [-0.2, -0.15) is 14.2 Å². The van der Waals surface area contributed by atoms with E-state index < -0.39 is 39.6 Å². The molecule has 0 radical (unpaired) electrons. The average molecular weight is 450 g/mol. The van der Waals surface area contributed by atoms with Gasteiger partial charge >= 0.3 is 0 Å². The molecule has 1 fully saturated rings. The van der Waals surface area contributed by atoms with E-state index in [0.29, 0.717) is 13.2 Å². The lowest BCUT2D eigenvalue weighted by Crippen LogP contribution is -2.56. The molecule has 2 unspecified atom stereocenters. The first-order valence-corrected chi connectivity index (χ1v) is 11.6. The van der Waals surface area contributed by atoms with Crippen LogP contribution in [0.25, 0.3) is 0 Å². The van der Waals surface area contributed by atoms with Crippen molar-refractivity contribution in [2.45, 2.75) is 19.4 Å². The molecular weight excluding hydrogens is 422 g/mol. The van der Waals surface area contributed by atoms with E-state index in [0.717, 1.165) is 10.6 Å². The molecule has 11 heteroatoms. The van der Waals surface area contributed by atoms with Crippen LogP contribution in [0.3, 0.4) is 0 Å². The van der Waals surface area contributed by atoms with Crippen molar-refractivity contribution in [3.63, 3.8) is 0 Å². The van der Waals surface area contributed by atoms with Gasteiger partial charge in [0.15, 0.2) is 0 Å². The van der Waals surface area contributed by atoms with Gasteiger partial charge in [-0.3, -0.25) is 9.59 Å². The van der Waals surface area contributed by atoms with Crippen LogP contribution in [0, 0.1) is 5.92 Å². The normalized spacial score (nSPS) is 17.1. The Kier molecular flexibility index (Phi) is 7.42. The van der Waals surface area contributed by atoms with Gasteiger partial charge in [-0.1, -0.05) is 30.3 Å². The van der Waals surface area contributed by atoms with E-state index in [1.54, 1.807) is 6.07 Å². The zero-order valence-electron chi connectivity index (χ0n) is 17.3. The minimum Gasteiger partial charge on any atom is -0.379 e. The van der Waals surface area contributed by atoms with Crippen LogP contribution < -0.4 is 10.7 Å². The summed E-state index contributed by atoms with van der Waals surface area (Å²) in [5.74, 6) is -2.61. The third kappa shape index (κ3) is 5.69. The van der Waals surface area contributed by atoms with E-state index in [2.05, 4.69) is 5.10 Å². The summed E-state index contributed by atoms with van der Waals surface area (Å²) in [5.41, 5.74) is 6.27. The topological polar surface area (TPSA) is 128 Å². The highest BCUT2D eigenvalue weighted by molar-refractivity contribution is 7.89. The van der Waals surface area contributed by atoms with E-state index in [9.17, 15) is 18.0 Å². The Bertz CT molecular complexity index is 975. The molecule has 10 nitrogen and oxygen atoms in total. The molecule has 0 spiro atoms. The molecule has 0 saturated carbocycles. The molecule has 1 aromatic heterocycles. The van der Waals surface area contributed by atoms with Crippen molar-refractivity contribution in [2.24, 2.45) is 11.7 Å². The SMILES string of the molecule is CC(C(N)=O)N(C(=O)C(Cc1ccccc1)CS(=O)(=O)N1CCOCC1)n1cccn1. The van der Waals surface area contributed by atoms with Crippen LogP contribution in [0.5, 0.6) is 0 Å². The Morgan fingerprint density at radius 2 is 1.87 bits per heavy atom. The second-order valence-electron chi connectivity index (χ2n) is 7.36. The predicted molar refractivity (Wildman–Crippen MR) is 114 cm³/mol. The number of ether oxygens (including phenoxy) is 1. The number of hydrogen-bond donors (Lipinski definition) is 1. The van der Waals surface area contributed by atoms with Crippen LogP contribution in [0.15, 0.2) is 48.8 Å². The Morgan fingerprint density at radius 3 is 2.45 bits per heavy atom. The number of carbonyl (C=O) groups excluding carboxylic acids is 2. The number of benzene rings is 1. The molecule has 1 aliphatic heterocycles. The number of morpholine rings is 1. The van der Waals surface area contributed by atoms with Crippen LogP contribution in [-0.4, -0.2) is 72.5 Å². The smallest absolute Gasteiger partial charge is 0.247 e. The van der Waals surface area contributed by atoms with Gasteiger partial charge in [-0.15, -0.1) is 0 Å². The van der Waals surface area contributed by atoms with Crippen molar-refractivity contribution in [2.75, 3.05) is 37.1 Å². The second-order valence-corrected chi connectivity index (χ2v) is 9.38. The van der Waals surface area contributed by atoms with Gasteiger partial charge in [0.05, 0.1) is 31.1 Å². The van der Waals surface area contributed by atoms with Crippen LogP contribution in [0.1, 0.15) is 12.5 Å². The monoisotopic (exact) mass is 449 g/mol. The first-order chi connectivity index (χ1) is 14.8. The summed E-state index contributed by atoms with van der Waals surface area (Å²) in [6.45, 7) is 2.60. The molecule has 1 aliphatic rings. The number of nitrogens with two attached hydrogens (primary N) is 1. The summed E-state index contributed by atoms with van der Waals surface area (Å²) in [6, 6.07) is 9.74. The number of amides is 2. The Balaban J connectivity index is 1.93. The van der Waals surface area contributed by atoms with E-state index in [-0.39, 0.29) is 19.5 Å². The average Bonchev–Trinajstić information content (AvgIpc) is 3.29. The highest BCUT2D eigenvalue weighted by Crippen LogP contribution is 2.18. The van der Waals surface area contributed by atoms with Crippen molar-refractivity contribution in [1.29, 1.82) is 0 Å². The van der Waals surface area contributed by atoms with Gasteiger partial charge < -0.3 is 10.5 Å². The molecule has 2 heterocycles. The van der Waals surface area contributed by atoms with Crippen LogP contribution >= 0.6 is 0 Å². The number of rotatable bonds is 9. The van der Waals surface area contributed by atoms with Gasteiger partial charge in [0.1, 0.15) is 6.04 Å². The molecule has 31 heavy (non-hydrogen) atoms.